The van der Waals surface area contributed by atoms with Crippen LogP contribution in [-0.4, -0.2) is 97.6 Å². The third-order valence-corrected chi connectivity index (χ3v) is 12.3. The third kappa shape index (κ3) is 8.14. The van der Waals surface area contributed by atoms with Crippen molar-refractivity contribution in [2.45, 2.75) is 80.3 Å². The van der Waals surface area contributed by atoms with E-state index in [1.54, 1.807) is 43.5 Å². The Balaban J connectivity index is 1.24. The number of ether oxygens (including phenoxy) is 3. The first-order chi connectivity index (χ1) is 26.4. The Labute approximate surface area is 318 Å². The first kappa shape index (κ1) is 37.8. The molecule has 2 aliphatic heterocycles. The molecule has 0 spiro atoms. The van der Waals surface area contributed by atoms with Crippen molar-refractivity contribution in [2.24, 2.45) is 5.92 Å². The molecule has 0 bridgehead atoms. The summed E-state index contributed by atoms with van der Waals surface area (Å²) >= 11 is 0. The molecule has 7 rings (SSSR count). The number of rotatable bonds is 9. The number of fused-ring (bicyclic) bond motifs is 3. The number of pyridine rings is 1. The van der Waals surface area contributed by atoms with Gasteiger partial charge in [-0.3, -0.25) is 28.7 Å². The summed E-state index contributed by atoms with van der Waals surface area (Å²) in [5.74, 6) is -2.98. The summed E-state index contributed by atoms with van der Waals surface area (Å²) in [6.07, 6.45) is 4.15. The Kier molecular flexibility index (Phi) is 10.5. The number of nitrogens with zero attached hydrogens (tertiary/aromatic N) is 2. The molecule has 15 nitrogen and oxygen atoms in total. The first-order valence-corrected chi connectivity index (χ1v) is 19.9. The van der Waals surface area contributed by atoms with Crippen molar-refractivity contribution in [3.8, 4) is 22.8 Å². The normalized spacial score (nSPS) is 26.3. The van der Waals surface area contributed by atoms with Crippen molar-refractivity contribution >= 4 is 50.5 Å². The van der Waals surface area contributed by atoms with E-state index in [2.05, 4.69) is 15.4 Å². The van der Waals surface area contributed by atoms with Gasteiger partial charge in [-0.1, -0.05) is 42.5 Å². The molecule has 2 saturated carbocycles. The van der Waals surface area contributed by atoms with Gasteiger partial charge in [0.1, 0.15) is 35.2 Å². The van der Waals surface area contributed by atoms with Gasteiger partial charge in [-0.2, -0.15) is 0 Å². The quantitative estimate of drug-likeness (QED) is 0.213. The van der Waals surface area contributed by atoms with Crippen LogP contribution >= 0.6 is 0 Å². The summed E-state index contributed by atoms with van der Waals surface area (Å²) in [6.45, 7) is -0.121. The Morgan fingerprint density at radius 2 is 1.84 bits per heavy atom. The number of esters is 1. The SMILES string of the molecule is COC(=O)CC1NC(=O)CCC/C=C\[C@@H]2C[C@@]2(C(=O)NS(=O)(=O)C2CC2)NC(=O)[C@@H]2C[C@@H](Oc3cc(-c4ccccc4)nc4cc(OC)ccc34)CN2C1=O. The second kappa shape index (κ2) is 15.3. The molecule has 55 heavy (non-hydrogen) atoms. The Bertz CT molecular complexity index is 2160. The minimum absolute atomic E-state index is 0.0321. The molecule has 4 aliphatic rings. The molecular weight excluding hydrogens is 731 g/mol. The number of hydrogen-bond donors (Lipinski definition) is 3. The van der Waals surface area contributed by atoms with Gasteiger partial charge in [0, 0.05) is 41.8 Å². The molecule has 16 heteroatoms. The molecular formula is C39H43N5O10S. The maximum absolute atomic E-state index is 14.4. The zero-order chi connectivity index (χ0) is 38.9. The van der Waals surface area contributed by atoms with Crippen molar-refractivity contribution in [2.75, 3.05) is 20.8 Å². The number of hydrogen-bond acceptors (Lipinski definition) is 11. The van der Waals surface area contributed by atoms with Crippen molar-refractivity contribution in [3.63, 3.8) is 0 Å². The summed E-state index contributed by atoms with van der Waals surface area (Å²) in [4.78, 5) is 74.1. The summed E-state index contributed by atoms with van der Waals surface area (Å²) in [5.41, 5.74) is 0.446. The van der Waals surface area contributed by atoms with Gasteiger partial charge in [-0.25, -0.2) is 13.4 Å². The molecule has 290 valence electrons. The van der Waals surface area contributed by atoms with Gasteiger partial charge >= 0.3 is 5.97 Å². The van der Waals surface area contributed by atoms with E-state index in [1.807, 2.05) is 30.3 Å². The van der Waals surface area contributed by atoms with Crippen LogP contribution < -0.4 is 24.8 Å². The lowest BCUT2D eigenvalue weighted by molar-refractivity contribution is -0.147. The first-order valence-electron chi connectivity index (χ1n) is 18.3. The Hall–Kier alpha value is -5.51. The number of methoxy groups -OCH3 is 2. The minimum atomic E-state index is -3.94. The molecule has 1 saturated heterocycles. The van der Waals surface area contributed by atoms with Gasteiger partial charge in [-0.05, 0) is 44.2 Å². The summed E-state index contributed by atoms with van der Waals surface area (Å²) in [5, 5.41) is 5.47. The number of allylic oxidation sites excluding steroid dienone is 1. The largest absolute Gasteiger partial charge is 0.497 e. The van der Waals surface area contributed by atoms with Crippen LogP contribution in [0.2, 0.25) is 0 Å². The van der Waals surface area contributed by atoms with Gasteiger partial charge in [0.05, 0.1) is 43.6 Å². The van der Waals surface area contributed by atoms with E-state index in [0.29, 0.717) is 53.8 Å². The van der Waals surface area contributed by atoms with Gasteiger partial charge in [-0.15, -0.1) is 0 Å². The number of carbonyl (C=O) groups excluding carboxylic acids is 5. The summed E-state index contributed by atoms with van der Waals surface area (Å²) in [6, 6.07) is 14.0. The molecule has 1 aromatic heterocycles. The van der Waals surface area contributed by atoms with Crippen molar-refractivity contribution in [1.82, 2.24) is 25.2 Å². The molecule has 3 aromatic rings. The monoisotopic (exact) mass is 773 g/mol. The highest BCUT2D eigenvalue weighted by Crippen LogP contribution is 2.46. The molecule has 0 radical (unpaired) electrons. The predicted molar refractivity (Wildman–Crippen MR) is 199 cm³/mol. The van der Waals surface area contributed by atoms with Gasteiger partial charge in [0.25, 0.3) is 5.91 Å². The van der Waals surface area contributed by atoms with Crippen LogP contribution in [0.25, 0.3) is 22.2 Å². The van der Waals surface area contributed by atoms with Crippen LogP contribution in [0.5, 0.6) is 11.5 Å². The van der Waals surface area contributed by atoms with E-state index < -0.39 is 80.9 Å². The lowest BCUT2D eigenvalue weighted by Gasteiger charge is -2.29. The van der Waals surface area contributed by atoms with Gasteiger partial charge in [0.2, 0.25) is 27.7 Å². The second-order valence-corrected chi connectivity index (χ2v) is 16.4. The van der Waals surface area contributed by atoms with E-state index in [4.69, 9.17) is 19.2 Å². The maximum Gasteiger partial charge on any atom is 0.308 e. The molecule has 3 heterocycles. The number of carbonyl (C=O) groups is 5. The molecule has 2 aliphatic carbocycles. The van der Waals surface area contributed by atoms with Gasteiger partial charge < -0.3 is 29.7 Å². The van der Waals surface area contributed by atoms with Crippen LogP contribution in [0, 0.1) is 5.92 Å². The average Bonchev–Trinajstić information content (AvgIpc) is 4.10. The van der Waals surface area contributed by atoms with Gasteiger partial charge in [0.15, 0.2) is 0 Å². The molecule has 4 amide bonds. The number of sulfonamides is 1. The fourth-order valence-corrected chi connectivity index (χ4v) is 8.60. The van der Waals surface area contributed by atoms with Crippen LogP contribution in [0.4, 0.5) is 0 Å². The average molecular weight is 774 g/mol. The number of benzene rings is 2. The fraction of sp³-hybridized carbons (Fsp3) is 0.436. The third-order valence-electron chi connectivity index (χ3n) is 10.5. The van der Waals surface area contributed by atoms with E-state index in [0.717, 1.165) is 5.56 Å². The number of aromatic nitrogens is 1. The van der Waals surface area contributed by atoms with E-state index in [-0.39, 0.29) is 25.8 Å². The van der Waals surface area contributed by atoms with E-state index in [1.165, 1.54) is 12.0 Å². The summed E-state index contributed by atoms with van der Waals surface area (Å²) in [7, 11) is -1.21. The molecule has 2 aromatic carbocycles. The lowest BCUT2D eigenvalue weighted by atomic mass is 10.1. The molecule has 5 atom stereocenters. The lowest BCUT2D eigenvalue weighted by Crippen LogP contribution is -2.58. The maximum atomic E-state index is 14.4. The summed E-state index contributed by atoms with van der Waals surface area (Å²) < 4.78 is 44.8. The fourth-order valence-electron chi connectivity index (χ4n) is 7.24. The van der Waals surface area contributed by atoms with Crippen molar-refractivity contribution < 1.29 is 46.6 Å². The number of nitrogens with one attached hydrogen (secondary N) is 3. The second-order valence-electron chi connectivity index (χ2n) is 14.4. The van der Waals surface area contributed by atoms with Crippen LogP contribution in [0.3, 0.4) is 0 Å². The minimum Gasteiger partial charge on any atom is -0.497 e. The smallest absolute Gasteiger partial charge is 0.308 e. The Morgan fingerprint density at radius 1 is 1.05 bits per heavy atom. The topological polar surface area (TPSA) is 199 Å². The highest BCUT2D eigenvalue weighted by Gasteiger charge is 2.62. The van der Waals surface area contributed by atoms with E-state index in [9.17, 15) is 32.4 Å². The van der Waals surface area contributed by atoms with Crippen LogP contribution in [0.1, 0.15) is 51.4 Å². The molecule has 3 fully saturated rings. The van der Waals surface area contributed by atoms with Crippen molar-refractivity contribution in [3.05, 3.63) is 66.7 Å². The highest BCUT2D eigenvalue weighted by molar-refractivity contribution is 7.91. The standard InChI is InChI=1S/C39H43N5O10S/c1-52-25-13-16-28-30(17-25)40-29(23-9-5-3-6-10-23)19-33(28)54-26-18-32-36(47)42-39(38(49)43-55(50,51)27-14-15-27)21-24(39)11-7-4-8-12-34(45)41-31(20-35(46)53-2)37(48)44(32)22-26/h3,5-7,9-11,13,16-17,19,24,26-27,31-32H,4,8,12,14-15,18,20-22H2,1-2H3,(H,41,45)(H,42,47)(H,43,49)/b11-7-/t24-,26-,31?,32+,39-/m1/s1. The van der Waals surface area contributed by atoms with Crippen LogP contribution in [-0.2, 0) is 38.7 Å². The Morgan fingerprint density at radius 3 is 2.56 bits per heavy atom. The predicted octanol–water partition coefficient (Wildman–Crippen LogP) is 2.53. The van der Waals surface area contributed by atoms with Crippen molar-refractivity contribution in [1.29, 1.82) is 0 Å². The number of amides is 4. The highest BCUT2D eigenvalue weighted by atomic mass is 32.2. The molecule has 3 N–H and O–H groups in total. The zero-order valence-electron chi connectivity index (χ0n) is 30.5. The van der Waals surface area contributed by atoms with E-state index >= 15 is 0 Å². The zero-order valence-corrected chi connectivity index (χ0v) is 31.3. The molecule has 1 unspecified atom stereocenters. The van der Waals surface area contributed by atoms with Crippen LogP contribution in [0.15, 0.2) is 66.7 Å².